The van der Waals surface area contributed by atoms with E-state index in [-0.39, 0.29) is 22.5 Å². The van der Waals surface area contributed by atoms with E-state index in [4.69, 9.17) is 16.3 Å². The number of hydrogen-bond acceptors (Lipinski definition) is 4. The van der Waals surface area contributed by atoms with Crippen molar-refractivity contribution in [2.24, 2.45) is 0 Å². The molecular weight excluding hydrogens is 375 g/mol. The number of hydrogen-bond donors (Lipinski definition) is 2. The Hall–Kier alpha value is -2.49. The lowest BCUT2D eigenvalue weighted by Gasteiger charge is -2.24. The molecule has 3 rings (SSSR count). The van der Waals surface area contributed by atoms with E-state index >= 15 is 0 Å². The van der Waals surface area contributed by atoms with Gasteiger partial charge in [0.05, 0.1) is 18.3 Å². The molecule has 11 heteroatoms. The van der Waals surface area contributed by atoms with Gasteiger partial charge in [0.15, 0.2) is 6.61 Å². The van der Waals surface area contributed by atoms with Gasteiger partial charge in [-0.05, 0) is 18.6 Å². The molecule has 1 aliphatic heterocycles. The zero-order chi connectivity index (χ0) is 18.7. The lowest BCUT2D eigenvalue weighted by atomic mass is 10.1. The molecule has 0 saturated carbocycles. The number of urea groups is 1. The first-order valence-electron chi connectivity index (χ1n) is 7.73. The molecule has 2 heterocycles. The fourth-order valence-electron chi connectivity index (χ4n) is 2.58. The van der Waals surface area contributed by atoms with E-state index in [9.17, 15) is 18.0 Å². The summed E-state index contributed by atoms with van der Waals surface area (Å²) in [7, 11) is 0. The number of benzene rings is 1. The Morgan fingerprint density at radius 2 is 2.23 bits per heavy atom. The van der Waals surface area contributed by atoms with E-state index in [0.717, 1.165) is 5.82 Å². The molecule has 26 heavy (non-hydrogen) atoms. The summed E-state index contributed by atoms with van der Waals surface area (Å²) in [4.78, 5) is 16.3. The molecule has 1 aromatic carbocycles. The molecule has 0 fully saturated rings. The van der Waals surface area contributed by atoms with Crippen LogP contribution in [0.1, 0.15) is 12.2 Å². The van der Waals surface area contributed by atoms with Crippen molar-refractivity contribution >= 4 is 23.3 Å². The van der Waals surface area contributed by atoms with Gasteiger partial charge in [-0.3, -0.25) is 0 Å². The van der Waals surface area contributed by atoms with Gasteiger partial charge in [0.1, 0.15) is 17.9 Å². The smallest absolute Gasteiger partial charge is 0.422 e. The van der Waals surface area contributed by atoms with Crippen LogP contribution < -0.4 is 15.4 Å². The molecule has 2 aromatic rings. The number of nitrogens with one attached hydrogen (secondary N) is 2. The number of carbonyl (C=O) groups is 1. The summed E-state index contributed by atoms with van der Waals surface area (Å²) in [6, 6.07) is 3.31. The Kier molecular flexibility index (Phi) is 5.21. The maximum atomic E-state index is 12.4. The third-order valence-electron chi connectivity index (χ3n) is 3.72. The average Bonchev–Trinajstić information content (AvgIpc) is 3.02. The second kappa shape index (κ2) is 7.40. The van der Waals surface area contributed by atoms with Gasteiger partial charge in [-0.15, -0.1) is 0 Å². The Bertz CT molecular complexity index is 796. The molecule has 1 aromatic heterocycles. The molecular formula is C15H15ClF3N5O2. The summed E-state index contributed by atoms with van der Waals surface area (Å²) in [5.74, 6) is 0.691. The molecule has 1 atom stereocenters. The predicted molar refractivity (Wildman–Crippen MR) is 87.3 cm³/mol. The molecule has 2 N–H and O–H groups in total. The molecule has 2 amide bonds. The highest BCUT2D eigenvalue weighted by molar-refractivity contribution is 6.30. The second-order valence-corrected chi connectivity index (χ2v) is 6.17. The van der Waals surface area contributed by atoms with E-state index in [1.54, 1.807) is 4.68 Å². The zero-order valence-electron chi connectivity index (χ0n) is 13.4. The maximum absolute atomic E-state index is 12.4. The minimum Gasteiger partial charge on any atom is -0.482 e. The number of alkyl halides is 3. The number of nitrogens with zero attached hydrogens (tertiary/aromatic N) is 3. The van der Waals surface area contributed by atoms with Crippen molar-refractivity contribution in [3.8, 4) is 5.75 Å². The fraction of sp³-hybridized carbons (Fsp3) is 0.400. The van der Waals surface area contributed by atoms with Crippen molar-refractivity contribution in [2.75, 3.05) is 11.9 Å². The second-order valence-electron chi connectivity index (χ2n) is 5.74. The molecule has 0 aliphatic carbocycles. The number of anilines is 1. The van der Waals surface area contributed by atoms with Crippen LogP contribution in [0.3, 0.4) is 0 Å². The number of rotatable bonds is 4. The van der Waals surface area contributed by atoms with Crippen molar-refractivity contribution < 1.29 is 22.7 Å². The standard InChI is InChI=1S/C15H15ClF3N5O2/c16-9-1-3-11(12(5-9)26-7-15(17,18)19)23-14(25)22-10-2-4-13-20-8-21-24(13)6-10/h1,3,5,8,10H,2,4,6-7H2,(H2,22,23,25)/t10-/m0/s1. The first kappa shape index (κ1) is 18.3. The van der Waals surface area contributed by atoms with Gasteiger partial charge < -0.3 is 15.4 Å². The van der Waals surface area contributed by atoms with Crippen LogP contribution in [0, 0.1) is 0 Å². The van der Waals surface area contributed by atoms with E-state index in [1.165, 1.54) is 24.5 Å². The molecule has 1 aliphatic rings. The van der Waals surface area contributed by atoms with Crippen LogP contribution in [-0.2, 0) is 13.0 Å². The highest BCUT2D eigenvalue weighted by Crippen LogP contribution is 2.30. The number of carbonyl (C=O) groups excluding carboxylic acids is 1. The third kappa shape index (κ3) is 4.78. The molecule has 7 nitrogen and oxygen atoms in total. The van der Waals surface area contributed by atoms with Crippen LogP contribution >= 0.6 is 11.6 Å². The summed E-state index contributed by atoms with van der Waals surface area (Å²) in [5.41, 5.74) is 0.0911. The molecule has 0 spiro atoms. The Morgan fingerprint density at radius 1 is 1.42 bits per heavy atom. The highest BCUT2D eigenvalue weighted by atomic mass is 35.5. The van der Waals surface area contributed by atoms with E-state index in [2.05, 4.69) is 20.7 Å². The number of aromatic nitrogens is 3. The van der Waals surface area contributed by atoms with E-state index in [1.807, 2.05) is 0 Å². The molecule has 0 unspecified atom stereocenters. The molecule has 0 saturated heterocycles. The quantitative estimate of drug-likeness (QED) is 0.842. The highest BCUT2D eigenvalue weighted by Gasteiger charge is 2.29. The summed E-state index contributed by atoms with van der Waals surface area (Å²) in [6.45, 7) is -1.01. The van der Waals surface area contributed by atoms with Gasteiger partial charge in [0.2, 0.25) is 0 Å². The fourth-order valence-corrected chi connectivity index (χ4v) is 2.74. The lowest BCUT2D eigenvalue weighted by Crippen LogP contribution is -2.43. The van der Waals surface area contributed by atoms with Gasteiger partial charge >= 0.3 is 12.2 Å². The summed E-state index contributed by atoms with van der Waals surface area (Å²) in [6.07, 6.45) is -1.69. The van der Waals surface area contributed by atoms with Gasteiger partial charge in [0, 0.05) is 17.5 Å². The van der Waals surface area contributed by atoms with E-state index < -0.39 is 18.8 Å². The first-order valence-corrected chi connectivity index (χ1v) is 8.11. The monoisotopic (exact) mass is 389 g/mol. The topological polar surface area (TPSA) is 81.1 Å². The van der Waals surface area contributed by atoms with Crippen LogP contribution in [0.15, 0.2) is 24.5 Å². The van der Waals surface area contributed by atoms with Crippen LogP contribution in [0.2, 0.25) is 5.02 Å². The van der Waals surface area contributed by atoms with Crippen LogP contribution in [-0.4, -0.2) is 39.6 Å². The van der Waals surface area contributed by atoms with Gasteiger partial charge in [-0.2, -0.15) is 18.3 Å². The van der Waals surface area contributed by atoms with Crippen molar-refractivity contribution in [1.29, 1.82) is 0 Å². The maximum Gasteiger partial charge on any atom is 0.422 e. The normalized spacial score (nSPS) is 16.7. The van der Waals surface area contributed by atoms with E-state index in [0.29, 0.717) is 19.4 Å². The zero-order valence-corrected chi connectivity index (χ0v) is 14.1. The average molecular weight is 390 g/mol. The lowest BCUT2D eigenvalue weighted by molar-refractivity contribution is -0.153. The Labute approximate surface area is 151 Å². The summed E-state index contributed by atoms with van der Waals surface area (Å²) in [5, 5.41) is 9.51. The Morgan fingerprint density at radius 3 is 3.00 bits per heavy atom. The molecule has 140 valence electrons. The van der Waals surface area contributed by atoms with Crippen molar-refractivity contribution in [3.05, 3.63) is 35.4 Å². The predicted octanol–water partition coefficient (Wildman–Crippen LogP) is 3.01. The number of halogens is 4. The minimum absolute atomic E-state index is 0.0911. The van der Waals surface area contributed by atoms with Crippen LogP contribution in [0.5, 0.6) is 5.75 Å². The first-order chi connectivity index (χ1) is 12.3. The summed E-state index contributed by atoms with van der Waals surface area (Å²) < 4.78 is 43.5. The minimum atomic E-state index is -4.50. The number of amides is 2. The van der Waals surface area contributed by atoms with Gasteiger partial charge in [0.25, 0.3) is 0 Å². The van der Waals surface area contributed by atoms with Gasteiger partial charge in [-0.1, -0.05) is 11.6 Å². The molecule has 0 bridgehead atoms. The molecule has 0 radical (unpaired) electrons. The van der Waals surface area contributed by atoms with Gasteiger partial charge in [-0.25, -0.2) is 14.5 Å². The Balaban J connectivity index is 1.62. The van der Waals surface area contributed by atoms with Crippen LogP contribution in [0.4, 0.5) is 23.7 Å². The number of aryl methyl sites for hydroxylation is 1. The number of fused-ring (bicyclic) bond motifs is 1. The SMILES string of the molecule is O=C(Nc1ccc(Cl)cc1OCC(F)(F)F)N[C@H]1CCc2ncnn2C1. The van der Waals surface area contributed by atoms with Crippen molar-refractivity contribution in [2.45, 2.75) is 31.6 Å². The third-order valence-corrected chi connectivity index (χ3v) is 3.96. The summed E-state index contributed by atoms with van der Waals surface area (Å²) >= 11 is 5.79. The van der Waals surface area contributed by atoms with Crippen molar-refractivity contribution in [1.82, 2.24) is 20.1 Å². The largest absolute Gasteiger partial charge is 0.482 e. The number of ether oxygens (including phenoxy) is 1. The van der Waals surface area contributed by atoms with Crippen molar-refractivity contribution in [3.63, 3.8) is 0 Å². The van der Waals surface area contributed by atoms with Crippen LogP contribution in [0.25, 0.3) is 0 Å².